The van der Waals surface area contributed by atoms with Crippen LogP contribution in [0.25, 0.3) is 0 Å². The molecule has 0 spiro atoms. The van der Waals surface area contributed by atoms with Gasteiger partial charge < -0.3 is 16.4 Å². The molecule has 0 fully saturated rings. The van der Waals surface area contributed by atoms with E-state index in [1.54, 1.807) is 13.1 Å². The Morgan fingerprint density at radius 2 is 1.95 bits per heavy atom. The lowest BCUT2D eigenvalue weighted by Crippen LogP contribution is -2.28. The minimum absolute atomic E-state index is 0.0815. The van der Waals surface area contributed by atoms with E-state index < -0.39 is 8.46 Å². The molecule has 1 aromatic heterocycles. The molecule has 1 unspecified atom stereocenters. The molecule has 0 saturated heterocycles. The fraction of sp³-hybridized carbons (Fsp3) is 0.500. The largest absolute Gasteiger partial charge is 0.383 e. The molecule has 0 aromatic carbocycles. The van der Waals surface area contributed by atoms with E-state index >= 15 is 0 Å². The van der Waals surface area contributed by atoms with Crippen molar-refractivity contribution >= 4 is 26.1 Å². The van der Waals surface area contributed by atoms with Gasteiger partial charge >= 0.3 is 0 Å². The third-order valence-corrected chi connectivity index (χ3v) is 3.08. The maximum atomic E-state index is 11.6. The Labute approximate surface area is 124 Å². The van der Waals surface area contributed by atoms with Crippen molar-refractivity contribution in [1.29, 1.82) is 0 Å². The predicted octanol–water partition coefficient (Wildman–Crippen LogP) is -0.0962. The molecule has 2 amide bonds. The van der Waals surface area contributed by atoms with Gasteiger partial charge in [-0.15, -0.1) is 0 Å². The first-order valence-electron chi connectivity index (χ1n) is 6.49. The number of aromatic nitrogens is 2. The molecule has 9 heteroatoms. The van der Waals surface area contributed by atoms with Crippen LogP contribution in [-0.2, 0) is 20.7 Å². The van der Waals surface area contributed by atoms with Crippen LogP contribution < -0.4 is 16.4 Å². The van der Waals surface area contributed by atoms with Gasteiger partial charge in [-0.1, -0.05) is 0 Å². The fourth-order valence-electron chi connectivity index (χ4n) is 1.50. The van der Waals surface area contributed by atoms with E-state index in [-0.39, 0.29) is 31.2 Å². The van der Waals surface area contributed by atoms with E-state index in [0.717, 1.165) is 0 Å². The highest BCUT2D eigenvalue weighted by Gasteiger charge is 2.08. The highest BCUT2D eigenvalue weighted by Crippen LogP contribution is 2.06. The summed E-state index contributed by atoms with van der Waals surface area (Å²) in [6.07, 6.45) is 2.16. The van der Waals surface area contributed by atoms with Crippen LogP contribution in [0, 0.1) is 6.92 Å². The normalized spacial score (nSPS) is 10.3. The van der Waals surface area contributed by atoms with E-state index in [4.69, 9.17) is 5.73 Å². The Morgan fingerprint density at radius 3 is 2.57 bits per heavy atom. The van der Waals surface area contributed by atoms with Gasteiger partial charge in [0, 0.05) is 43.9 Å². The van der Waals surface area contributed by atoms with Crippen molar-refractivity contribution in [2.24, 2.45) is 0 Å². The number of carbonyl (C=O) groups is 2. The molecule has 0 saturated carbocycles. The van der Waals surface area contributed by atoms with Gasteiger partial charge in [-0.3, -0.25) is 14.2 Å². The molecule has 1 heterocycles. The van der Waals surface area contributed by atoms with Gasteiger partial charge in [-0.25, -0.2) is 9.97 Å². The first-order valence-corrected chi connectivity index (χ1v) is 7.61. The Hall–Kier alpha value is -2.08. The molecule has 8 nitrogen and oxygen atoms in total. The number of anilines is 1. The van der Waals surface area contributed by atoms with Crippen molar-refractivity contribution in [1.82, 2.24) is 20.6 Å². The second-order valence-corrected chi connectivity index (χ2v) is 5.14. The summed E-state index contributed by atoms with van der Waals surface area (Å²) in [5, 5.41) is 5.23. The summed E-state index contributed by atoms with van der Waals surface area (Å²) >= 11 is 0. The lowest BCUT2D eigenvalue weighted by Gasteiger charge is -2.07. The summed E-state index contributed by atoms with van der Waals surface area (Å²) in [7, 11) is -0.431. The second-order valence-electron chi connectivity index (χ2n) is 4.35. The molecule has 1 radical (unpaired) electrons. The van der Waals surface area contributed by atoms with Crippen molar-refractivity contribution in [2.45, 2.75) is 26.3 Å². The van der Waals surface area contributed by atoms with Crippen LogP contribution in [0.3, 0.4) is 0 Å². The molecular weight excluding hydrogens is 293 g/mol. The molecule has 0 aliphatic rings. The molecular formula is C12H19N5O3P. The molecule has 1 rings (SSSR count). The number of hydrogen-bond donors (Lipinski definition) is 3. The Morgan fingerprint density at radius 1 is 1.29 bits per heavy atom. The number of amides is 2. The molecule has 1 atom stereocenters. The maximum Gasteiger partial charge on any atom is 0.220 e. The van der Waals surface area contributed by atoms with Gasteiger partial charge in [0.15, 0.2) is 0 Å². The third kappa shape index (κ3) is 6.76. The molecule has 4 N–H and O–H groups in total. The maximum absolute atomic E-state index is 11.6. The summed E-state index contributed by atoms with van der Waals surface area (Å²) in [6, 6.07) is 0. The van der Waals surface area contributed by atoms with Crippen LogP contribution in [0.4, 0.5) is 5.82 Å². The summed E-state index contributed by atoms with van der Waals surface area (Å²) in [5.74, 6) is 0.411. The SMILES string of the molecule is Cc1ncc(CNC(=O)CCC(=O)NCC[PH]=O)c(N)n1. The van der Waals surface area contributed by atoms with Crippen LogP contribution in [0.1, 0.15) is 24.2 Å². The number of nitrogen functional groups attached to an aromatic ring is 1. The van der Waals surface area contributed by atoms with Gasteiger partial charge in [-0.05, 0) is 6.92 Å². The van der Waals surface area contributed by atoms with Gasteiger partial charge in [0.2, 0.25) is 11.8 Å². The predicted molar refractivity (Wildman–Crippen MR) is 79.1 cm³/mol. The Bertz CT molecular complexity index is 524. The fourth-order valence-corrected chi connectivity index (χ4v) is 1.73. The standard InChI is InChI=1S/C12H19N5O3P/c1-8-15-6-9(12(13)17-8)7-16-11(19)3-2-10(18)14-4-5-21-20/h6,21H,2-5,7H2,1H3,(H,14,18)(H,16,19)(H2,13,15,17). The summed E-state index contributed by atoms with van der Waals surface area (Å²) < 4.78 is 10.2. The molecule has 0 bridgehead atoms. The zero-order valence-corrected chi connectivity index (χ0v) is 12.8. The lowest BCUT2D eigenvalue weighted by molar-refractivity contribution is -0.126. The molecule has 0 aliphatic carbocycles. The van der Waals surface area contributed by atoms with Crippen LogP contribution in [0.15, 0.2) is 6.20 Å². The average molecular weight is 312 g/mol. The number of nitrogens with one attached hydrogen (secondary N) is 2. The van der Waals surface area contributed by atoms with Gasteiger partial charge in [-0.2, -0.15) is 0 Å². The number of nitrogens with zero attached hydrogens (tertiary/aromatic N) is 2. The zero-order valence-electron chi connectivity index (χ0n) is 11.8. The Kier molecular flexibility index (Phi) is 7.25. The van der Waals surface area contributed by atoms with Gasteiger partial charge in [0.05, 0.1) is 8.46 Å². The summed E-state index contributed by atoms with van der Waals surface area (Å²) in [4.78, 5) is 31.0. The van der Waals surface area contributed by atoms with Gasteiger partial charge in [0.25, 0.3) is 0 Å². The van der Waals surface area contributed by atoms with E-state index in [1.165, 1.54) is 0 Å². The highest BCUT2D eigenvalue weighted by atomic mass is 31.1. The minimum atomic E-state index is -0.431. The van der Waals surface area contributed by atoms with Crippen LogP contribution in [-0.4, -0.2) is 34.5 Å². The average Bonchev–Trinajstić information content (AvgIpc) is 2.44. The van der Waals surface area contributed by atoms with Crippen LogP contribution in [0.2, 0.25) is 0 Å². The van der Waals surface area contributed by atoms with E-state index in [1.807, 2.05) is 0 Å². The molecule has 21 heavy (non-hydrogen) atoms. The molecule has 0 aliphatic heterocycles. The van der Waals surface area contributed by atoms with Crippen LogP contribution >= 0.6 is 8.46 Å². The summed E-state index contributed by atoms with van der Waals surface area (Å²) in [6.45, 7) is 2.31. The Balaban J connectivity index is 2.27. The van der Waals surface area contributed by atoms with E-state index in [0.29, 0.717) is 29.9 Å². The van der Waals surface area contributed by atoms with Crippen molar-refractivity contribution < 1.29 is 14.2 Å². The van der Waals surface area contributed by atoms with E-state index in [9.17, 15) is 14.2 Å². The number of aryl methyl sites for hydroxylation is 1. The first-order chi connectivity index (χ1) is 10.0. The molecule has 115 valence electrons. The minimum Gasteiger partial charge on any atom is -0.383 e. The number of hydrogen-bond acceptors (Lipinski definition) is 6. The topological polar surface area (TPSA) is 127 Å². The summed E-state index contributed by atoms with van der Waals surface area (Å²) in [5.41, 5.74) is 6.34. The zero-order chi connectivity index (χ0) is 15.7. The van der Waals surface area contributed by atoms with Crippen LogP contribution in [0.5, 0.6) is 0 Å². The quantitative estimate of drug-likeness (QED) is 0.454. The number of carbonyl (C=O) groups excluding carboxylic acids is 2. The highest BCUT2D eigenvalue weighted by molar-refractivity contribution is 7.23. The second kappa shape index (κ2) is 8.97. The van der Waals surface area contributed by atoms with E-state index in [2.05, 4.69) is 20.6 Å². The van der Waals surface area contributed by atoms with Crippen molar-refractivity contribution in [2.75, 3.05) is 18.4 Å². The van der Waals surface area contributed by atoms with Crippen molar-refractivity contribution in [3.63, 3.8) is 0 Å². The third-order valence-electron chi connectivity index (χ3n) is 2.62. The monoisotopic (exact) mass is 312 g/mol. The number of nitrogens with two attached hydrogens (primary N) is 1. The van der Waals surface area contributed by atoms with Gasteiger partial charge in [0.1, 0.15) is 11.6 Å². The van der Waals surface area contributed by atoms with Crippen molar-refractivity contribution in [3.8, 4) is 0 Å². The van der Waals surface area contributed by atoms with Crippen molar-refractivity contribution in [3.05, 3.63) is 17.6 Å². The first kappa shape index (κ1) is 17.0. The lowest BCUT2D eigenvalue weighted by atomic mass is 10.2. The number of rotatable bonds is 8. The molecule has 1 aromatic rings. The smallest absolute Gasteiger partial charge is 0.220 e.